The molecule has 0 atom stereocenters. The minimum absolute atomic E-state index is 0. The number of nitrogens with zero attached hydrogens (tertiary/aromatic N) is 6. The van der Waals surface area contributed by atoms with E-state index in [1.54, 1.807) is 24.8 Å². The number of aromatic nitrogens is 9. The van der Waals surface area contributed by atoms with Crippen LogP contribution in [0.5, 0.6) is 0 Å². The van der Waals surface area contributed by atoms with Crippen LogP contribution in [0.3, 0.4) is 0 Å². The Bertz CT molecular complexity index is 856. The first kappa shape index (κ1) is 33.8. The number of H-pyrrole nitrogens is 3. The normalized spacial score (nSPS) is 11.6. The zero-order valence-electron chi connectivity index (χ0n) is 24.3. The second kappa shape index (κ2) is 13.9. The summed E-state index contributed by atoms with van der Waals surface area (Å²) in [7, 11) is 0. The Balaban J connectivity index is 0.000000463. The topological polar surface area (TPSA) is 117 Å². The van der Waals surface area contributed by atoms with Crippen LogP contribution in [-0.2, 0) is 21.8 Å². The lowest BCUT2D eigenvalue weighted by Crippen LogP contribution is -2.19. The molecule has 9 heteroatoms. The summed E-state index contributed by atoms with van der Waals surface area (Å²) in [6, 6.07) is 2.00. The molecule has 4 aromatic rings. The Morgan fingerprint density at radius 3 is 1.62 bits per heavy atom. The quantitative estimate of drug-likeness (QED) is 0.239. The van der Waals surface area contributed by atoms with Crippen LogP contribution < -0.4 is 0 Å². The van der Waals surface area contributed by atoms with Gasteiger partial charge in [-0.25, -0.2) is 9.97 Å². The van der Waals surface area contributed by atoms with Gasteiger partial charge in [0, 0.05) is 58.5 Å². The standard InChI is InChI=1S/3C7H12N2.C6H11N3.CH4/c1-7(2,3)9-5-4-8-6-9;1-7(2,3)6-8-4-5-9-6;1-7(2,3)6-4-5-8-9-6;1-6(2,3)5-4-7-9-8-5;/h4-6H,1-3H3;2*4-5H,1-3H3,(H,8,9);4H,1-3H3,(H,7,8,9);1H4. The molecule has 0 radical (unpaired) electrons. The van der Waals surface area contributed by atoms with Gasteiger partial charge in [0.25, 0.3) is 0 Å². The molecule has 0 aliphatic heterocycles. The Morgan fingerprint density at radius 1 is 0.757 bits per heavy atom. The lowest BCUT2D eigenvalue weighted by atomic mass is 9.93. The van der Waals surface area contributed by atoms with Gasteiger partial charge in [-0.15, -0.1) is 0 Å². The first-order chi connectivity index (χ1) is 16.4. The molecule has 0 spiro atoms. The van der Waals surface area contributed by atoms with Crippen molar-refractivity contribution >= 4 is 0 Å². The van der Waals surface area contributed by atoms with Gasteiger partial charge in [-0.05, 0) is 26.8 Å². The zero-order valence-corrected chi connectivity index (χ0v) is 24.3. The van der Waals surface area contributed by atoms with Crippen LogP contribution in [0, 0.1) is 0 Å². The van der Waals surface area contributed by atoms with E-state index < -0.39 is 0 Å². The Hall–Kier alpha value is -3.23. The van der Waals surface area contributed by atoms with Crippen molar-refractivity contribution in [2.45, 2.75) is 112 Å². The number of hydrogen-bond donors (Lipinski definition) is 3. The summed E-state index contributed by atoms with van der Waals surface area (Å²) >= 11 is 0. The highest BCUT2D eigenvalue weighted by molar-refractivity contribution is 5.09. The van der Waals surface area contributed by atoms with E-state index in [4.69, 9.17) is 0 Å². The van der Waals surface area contributed by atoms with Gasteiger partial charge in [0.15, 0.2) is 0 Å². The molecule has 4 heterocycles. The van der Waals surface area contributed by atoms with Crippen molar-refractivity contribution in [2.24, 2.45) is 0 Å². The van der Waals surface area contributed by atoms with Crippen LogP contribution in [0.2, 0.25) is 0 Å². The maximum atomic E-state index is 4.13. The van der Waals surface area contributed by atoms with E-state index in [-0.39, 0.29) is 29.2 Å². The second-order valence-electron chi connectivity index (χ2n) is 12.7. The van der Waals surface area contributed by atoms with Crippen molar-refractivity contribution in [1.29, 1.82) is 0 Å². The van der Waals surface area contributed by atoms with Crippen LogP contribution in [0.15, 0.2) is 49.6 Å². The van der Waals surface area contributed by atoms with Crippen molar-refractivity contribution in [2.75, 3.05) is 0 Å². The number of nitrogens with one attached hydrogen (secondary N) is 3. The molecule has 4 aromatic heterocycles. The second-order valence-corrected chi connectivity index (χ2v) is 12.7. The highest BCUT2D eigenvalue weighted by Gasteiger charge is 2.16. The smallest absolute Gasteiger partial charge is 0.111 e. The third kappa shape index (κ3) is 13.0. The predicted octanol–water partition coefficient (Wildman–Crippen LogP) is 6.79. The maximum absolute atomic E-state index is 4.13. The maximum Gasteiger partial charge on any atom is 0.111 e. The average molecular weight is 514 g/mol. The first-order valence-electron chi connectivity index (χ1n) is 12.3. The Labute approximate surface area is 224 Å². The molecule has 9 nitrogen and oxygen atoms in total. The fourth-order valence-corrected chi connectivity index (χ4v) is 2.57. The van der Waals surface area contributed by atoms with Crippen LogP contribution in [-0.4, -0.2) is 45.1 Å². The monoisotopic (exact) mass is 513 g/mol. The van der Waals surface area contributed by atoms with E-state index in [1.807, 2.05) is 24.8 Å². The van der Waals surface area contributed by atoms with Gasteiger partial charge in [0.05, 0.1) is 18.2 Å². The number of imidazole rings is 2. The summed E-state index contributed by atoms with van der Waals surface area (Å²) in [6.07, 6.45) is 12.8. The lowest BCUT2D eigenvalue weighted by Gasteiger charge is -2.19. The molecule has 0 unspecified atom stereocenters. The number of rotatable bonds is 0. The summed E-state index contributed by atoms with van der Waals surface area (Å²) < 4.78 is 2.08. The summed E-state index contributed by atoms with van der Waals surface area (Å²) in [5.74, 6) is 1.04. The summed E-state index contributed by atoms with van der Waals surface area (Å²) in [5.41, 5.74) is 2.84. The third-order valence-corrected chi connectivity index (χ3v) is 4.98. The molecule has 208 valence electrons. The van der Waals surface area contributed by atoms with E-state index in [1.165, 1.54) is 5.69 Å². The van der Waals surface area contributed by atoms with Crippen LogP contribution in [0.4, 0.5) is 0 Å². The van der Waals surface area contributed by atoms with Crippen molar-refractivity contribution in [3.63, 3.8) is 0 Å². The third-order valence-electron chi connectivity index (χ3n) is 4.98. The Morgan fingerprint density at radius 2 is 1.41 bits per heavy atom. The van der Waals surface area contributed by atoms with Crippen molar-refractivity contribution in [1.82, 2.24) is 45.1 Å². The van der Waals surface area contributed by atoms with Crippen LogP contribution in [0.25, 0.3) is 0 Å². The minimum Gasteiger partial charge on any atom is -0.348 e. The van der Waals surface area contributed by atoms with Gasteiger partial charge in [-0.2, -0.15) is 20.5 Å². The molecule has 0 amide bonds. The minimum atomic E-state index is 0. The zero-order chi connectivity index (χ0) is 27.6. The van der Waals surface area contributed by atoms with Crippen molar-refractivity contribution < 1.29 is 0 Å². The molecular weight excluding hydrogens is 462 g/mol. The van der Waals surface area contributed by atoms with Gasteiger partial charge >= 0.3 is 0 Å². The van der Waals surface area contributed by atoms with E-state index in [0.29, 0.717) is 0 Å². The van der Waals surface area contributed by atoms with E-state index in [9.17, 15) is 0 Å². The van der Waals surface area contributed by atoms with Crippen LogP contribution in [0.1, 0.15) is 108 Å². The van der Waals surface area contributed by atoms with Crippen LogP contribution >= 0.6 is 0 Å². The van der Waals surface area contributed by atoms with E-state index >= 15 is 0 Å². The molecule has 0 saturated carbocycles. The molecule has 0 aliphatic carbocycles. The van der Waals surface area contributed by atoms with Gasteiger partial charge < -0.3 is 9.55 Å². The van der Waals surface area contributed by atoms with Crippen molar-refractivity contribution in [3.8, 4) is 0 Å². The molecule has 0 bridgehead atoms. The highest BCUT2D eigenvalue weighted by atomic mass is 15.3. The highest BCUT2D eigenvalue weighted by Crippen LogP contribution is 2.18. The number of hydrogen-bond acceptors (Lipinski definition) is 5. The molecule has 0 aliphatic rings. The van der Waals surface area contributed by atoms with E-state index in [2.05, 4.69) is 128 Å². The molecule has 37 heavy (non-hydrogen) atoms. The number of aromatic amines is 3. The molecule has 3 N–H and O–H groups in total. The fourth-order valence-electron chi connectivity index (χ4n) is 2.57. The SMILES string of the molecule is C.CC(C)(C)c1ccn[nH]1.CC(C)(C)c1cn[nH]n1.CC(C)(C)c1ncc[nH]1.CC(C)(C)n1ccnc1. The summed E-state index contributed by atoms with van der Waals surface area (Å²) in [6.45, 7) is 25.6. The summed E-state index contributed by atoms with van der Waals surface area (Å²) in [4.78, 5) is 11.1. The first-order valence-corrected chi connectivity index (χ1v) is 12.3. The molecular formula is C28H51N9. The van der Waals surface area contributed by atoms with Crippen molar-refractivity contribution in [3.05, 3.63) is 66.8 Å². The molecule has 4 rings (SSSR count). The molecule has 0 fully saturated rings. The largest absolute Gasteiger partial charge is 0.348 e. The molecule has 0 saturated heterocycles. The van der Waals surface area contributed by atoms with Gasteiger partial charge in [0.2, 0.25) is 0 Å². The predicted molar refractivity (Wildman–Crippen MR) is 154 cm³/mol. The van der Waals surface area contributed by atoms with Gasteiger partial charge in [-0.3, -0.25) is 5.10 Å². The lowest BCUT2D eigenvalue weighted by molar-refractivity contribution is 0.396. The Kier molecular flexibility index (Phi) is 12.7. The van der Waals surface area contributed by atoms with E-state index in [0.717, 1.165) is 11.5 Å². The molecule has 0 aromatic carbocycles. The average Bonchev–Trinajstić information content (AvgIpc) is 3.57. The van der Waals surface area contributed by atoms with Gasteiger partial charge in [0.1, 0.15) is 5.82 Å². The van der Waals surface area contributed by atoms with Gasteiger partial charge in [-0.1, -0.05) is 69.7 Å². The fraction of sp³-hybridized carbons (Fsp3) is 0.607. The summed E-state index contributed by atoms with van der Waals surface area (Å²) in [5, 5.41) is 17.0.